The first-order chi connectivity index (χ1) is 14.5. The zero-order valence-electron chi connectivity index (χ0n) is 17.6. The van der Waals surface area contributed by atoms with E-state index in [0.29, 0.717) is 41.5 Å². The van der Waals surface area contributed by atoms with Crippen LogP contribution >= 0.6 is 0 Å². The van der Waals surface area contributed by atoms with Crippen LogP contribution in [-0.4, -0.2) is 50.7 Å². The second kappa shape index (κ2) is 8.59. The summed E-state index contributed by atoms with van der Waals surface area (Å²) in [5, 5.41) is 7.94. The van der Waals surface area contributed by atoms with Gasteiger partial charge in [0.1, 0.15) is 17.6 Å². The van der Waals surface area contributed by atoms with Crippen molar-refractivity contribution in [3.05, 3.63) is 12.4 Å². The van der Waals surface area contributed by atoms with Crippen molar-refractivity contribution in [2.45, 2.75) is 64.6 Å². The smallest absolute Gasteiger partial charge is 0.314 e. The van der Waals surface area contributed by atoms with E-state index in [4.69, 9.17) is 10.5 Å². The molecule has 30 heavy (non-hydrogen) atoms. The number of nitrogens with two attached hydrogens (primary N) is 1. The standard InChI is InChI=1S/C21H30N6O3/c1-3-14-8-7-13(2)26(11-14)21(29)20(28)24-16-10-23-19(22)15-12-27(25-18(15)16)17-6-4-5-9-30-17/h10,12-14,17H,3-9,11H2,1-2H3,(H2,22,23)(H,24,28)/t13-,14-,17?/m1/s1. The van der Waals surface area contributed by atoms with Gasteiger partial charge in [-0.15, -0.1) is 0 Å². The highest BCUT2D eigenvalue weighted by Crippen LogP contribution is 2.30. The molecular weight excluding hydrogens is 384 g/mol. The number of carbonyl (C=O) groups excluding carboxylic acids is 2. The predicted octanol–water partition coefficient (Wildman–Crippen LogP) is 2.69. The SMILES string of the molecule is CC[C@@H]1CC[C@@H](C)N(C(=O)C(=O)Nc2cnc(N)c3cn(C4CCCCO4)nc23)C1. The fraction of sp³-hybridized carbons (Fsp3) is 0.619. The summed E-state index contributed by atoms with van der Waals surface area (Å²) in [6, 6.07) is 0.0540. The van der Waals surface area contributed by atoms with Gasteiger partial charge >= 0.3 is 11.8 Å². The van der Waals surface area contributed by atoms with Gasteiger partial charge in [0, 0.05) is 25.4 Å². The van der Waals surface area contributed by atoms with Crippen LogP contribution in [0.4, 0.5) is 11.5 Å². The number of nitrogens with zero attached hydrogens (tertiary/aromatic N) is 4. The van der Waals surface area contributed by atoms with E-state index in [0.717, 1.165) is 38.5 Å². The number of nitrogens with one attached hydrogen (secondary N) is 1. The third-order valence-electron chi connectivity index (χ3n) is 6.31. The molecule has 2 saturated heterocycles. The van der Waals surface area contributed by atoms with E-state index in [1.54, 1.807) is 15.8 Å². The molecule has 9 nitrogen and oxygen atoms in total. The van der Waals surface area contributed by atoms with Gasteiger partial charge in [-0.1, -0.05) is 13.3 Å². The number of hydrogen-bond acceptors (Lipinski definition) is 6. The molecule has 2 aliphatic heterocycles. The van der Waals surface area contributed by atoms with E-state index in [1.165, 1.54) is 6.20 Å². The molecule has 1 unspecified atom stereocenters. The quantitative estimate of drug-likeness (QED) is 0.746. The van der Waals surface area contributed by atoms with Gasteiger partial charge in [0.15, 0.2) is 0 Å². The monoisotopic (exact) mass is 414 g/mol. The Morgan fingerprint density at radius 3 is 2.87 bits per heavy atom. The molecular formula is C21H30N6O3. The van der Waals surface area contributed by atoms with Crippen molar-refractivity contribution < 1.29 is 14.3 Å². The average Bonchev–Trinajstić information content (AvgIpc) is 3.23. The van der Waals surface area contributed by atoms with Gasteiger partial charge in [0.05, 0.1) is 17.3 Å². The molecule has 2 aliphatic rings. The molecule has 2 fully saturated rings. The van der Waals surface area contributed by atoms with Crippen molar-refractivity contribution in [3.63, 3.8) is 0 Å². The minimum absolute atomic E-state index is 0.0540. The van der Waals surface area contributed by atoms with E-state index in [9.17, 15) is 9.59 Å². The number of piperidine rings is 1. The predicted molar refractivity (Wildman–Crippen MR) is 114 cm³/mol. The van der Waals surface area contributed by atoms with Crippen LogP contribution in [0.3, 0.4) is 0 Å². The molecule has 0 saturated carbocycles. The Morgan fingerprint density at radius 1 is 1.30 bits per heavy atom. The Hall–Kier alpha value is -2.68. The number of ether oxygens (including phenoxy) is 1. The van der Waals surface area contributed by atoms with Crippen LogP contribution in [-0.2, 0) is 14.3 Å². The summed E-state index contributed by atoms with van der Waals surface area (Å²) in [4.78, 5) is 31.5. The average molecular weight is 415 g/mol. The van der Waals surface area contributed by atoms with Crippen LogP contribution in [0.1, 0.15) is 58.6 Å². The largest absolute Gasteiger partial charge is 0.383 e. The second-order valence-corrected chi connectivity index (χ2v) is 8.36. The highest BCUT2D eigenvalue weighted by molar-refractivity contribution is 6.40. The van der Waals surface area contributed by atoms with Crippen LogP contribution in [0.5, 0.6) is 0 Å². The van der Waals surface area contributed by atoms with E-state index in [1.807, 2.05) is 6.92 Å². The summed E-state index contributed by atoms with van der Waals surface area (Å²) in [7, 11) is 0. The fourth-order valence-electron chi connectivity index (χ4n) is 4.32. The van der Waals surface area contributed by atoms with Crippen LogP contribution in [0.15, 0.2) is 12.4 Å². The first-order valence-corrected chi connectivity index (χ1v) is 10.8. The summed E-state index contributed by atoms with van der Waals surface area (Å²) >= 11 is 0. The minimum atomic E-state index is -0.671. The highest BCUT2D eigenvalue weighted by Gasteiger charge is 2.32. The summed E-state index contributed by atoms with van der Waals surface area (Å²) in [6.07, 6.45) is 9.07. The second-order valence-electron chi connectivity index (χ2n) is 8.36. The summed E-state index contributed by atoms with van der Waals surface area (Å²) < 4.78 is 7.53. The number of carbonyl (C=O) groups is 2. The maximum atomic E-state index is 12.9. The Balaban J connectivity index is 1.55. The molecule has 4 heterocycles. The number of rotatable bonds is 3. The summed E-state index contributed by atoms with van der Waals surface area (Å²) in [6.45, 7) is 5.42. The lowest BCUT2D eigenvalue weighted by atomic mass is 9.91. The van der Waals surface area contributed by atoms with E-state index in [-0.39, 0.29) is 12.3 Å². The van der Waals surface area contributed by atoms with Gasteiger partial charge in [-0.2, -0.15) is 5.10 Å². The lowest BCUT2D eigenvalue weighted by Crippen LogP contribution is -2.49. The van der Waals surface area contributed by atoms with E-state index >= 15 is 0 Å². The Bertz CT molecular complexity index is 936. The maximum absolute atomic E-state index is 12.9. The fourth-order valence-corrected chi connectivity index (χ4v) is 4.32. The molecule has 9 heteroatoms. The van der Waals surface area contributed by atoms with Crippen molar-refractivity contribution in [3.8, 4) is 0 Å². The van der Waals surface area contributed by atoms with E-state index in [2.05, 4.69) is 22.3 Å². The molecule has 162 valence electrons. The third-order valence-corrected chi connectivity index (χ3v) is 6.31. The topological polar surface area (TPSA) is 115 Å². The van der Waals surface area contributed by atoms with Crippen LogP contribution < -0.4 is 11.1 Å². The lowest BCUT2D eigenvalue weighted by Gasteiger charge is -2.37. The Labute approximate surface area is 175 Å². The molecule has 0 spiro atoms. The number of pyridine rings is 1. The third kappa shape index (κ3) is 3.98. The van der Waals surface area contributed by atoms with Gasteiger partial charge in [-0.25, -0.2) is 9.67 Å². The van der Waals surface area contributed by atoms with Crippen LogP contribution in [0.2, 0.25) is 0 Å². The van der Waals surface area contributed by atoms with Crippen molar-refractivity contribution in [2.24, 2.45) is 5.92 Å². The van der Waals surface area contributed by atoms with Crippen molar-refractivity contribution in [1.82, 2.24) is 19.7 Å². The number of aromatic nitrogens is 3. The van der Waals surface area contributed by atoms with Crippen molar-refractivity contribution >= 4 is 34.2 Å². The van der Waals surface area contributed by atoms with Crippen molar-refractivity contribution in [2.75, 3.05) is 24.2 Å². The maximum Gasteiger partial charge on any atom is 0.314 e. The van der Waals surface area contributed by atoms with Crippen molar-refractivity contribution in [1.29, 1.82) is 0 Å². The Morgan fingerprint density at radius 2 is 2.13 bits per heavy atom. The zero-order valence-corrected chi connectivity index (χ0v) is 17.6. The van der Waals surface area contributed by atoms with Gasteiger partial charge in [0.25, 0.3) is 0 Å². The molecule has 3 atom stereocenters. The number of anilines is 2. The number of nitrogen functional groups attached to an aromatic ring is 1. The Kier molecular flexibility index (Phi) is 5.90. The molecule has 4 rings (SSSR count). The van der Waals surface area contributed by atoms with Gasteiger partial charge < -0.3 is 20.7 Å². The highest BCUT2D eigenvalue weighted by atomic mass is 16.5. The summed E-state index contributed by atoms with van der Waals surface area (Å²) in [5.41, 5.74) is 6.92. The minimum Gasteiger partial charge on any atom is -0.383 e. The molecule has 2 aromatic heterocycles. The first kappa shape index (κ1) is 20.6. The van der Waals surface area contributed by atoms with Gasteiger partial charge in [0.2, 0.25) is 0 Å². The molecule has 2 aromatic rings. The number of hydrogen-bond donors (Lipinski definition) is 2. The number of fused-ring (bicyclic) bond motifs is 1. The molecule has 0 aliphatic carbocycles. The number of amides is 2. The zero-order chi connectivity index (χ0) is 21.3. The van der Waals surface area contributed by atoms with Gasteiger partial charge in [-0.3, -0.25) is 9.59 Å². The van der Waals surface area contributed by atoms with Crippen LogP contribution in [0.25, 0.3) is 10.9 Å². The lowest BCUT2D eigenvalue weighted by molar-refractivity contribution is -0.146. The van der Waals surface area contributed by atoms with E-state index < -0.39 is 11.8 Å². The summed E-state index contributed by atoms with van der Waals surface area (Å²) in [5.74, 6) is -0.420. The van der Waals surface area contributed by atoms with Gasteiger partial charge in [-0.05, 0) is 44.9 Å². The molecule has 0 aromatic carbocycles. The first-order valence-electron chi connectivity index (χ1n) is 10.8. The molecule has 0 bridgehead atoms. The normalized spacial score (nSPS) is 24.7. The number of likely N-dealkylation sites (tertiary alicyclic amines) is 1. The van der Waals surface area contributed by atoms with Crippen LogP contribution in [0, 0.1) is 5.92 Å². The molecule has 0 radical (unpaired) electrons. The molecule has 3 N–H and O–H groups in total. The molecule has 2 amide bonds.